The lowest BCUT2D eigenvalue weighted by atomic mass is 10.00. The molecule has 0 bridgehead atoms. The first-order valence-corrected chi connectivity index (χ1v) is 7.16. The molecule has 0 saturated carbocycles. The molecule has 0 amide bonds. The van der Waals surface area contributed by atoms with E-state index in [1.54, 1.807) is 0 Å². The van der Waals surface area contributed by atoms with Crippen molar-refractivity contribution in [3.63, 3.8) is 0 Å². The van der Waals surface area contributed by atoms with Crippen molar-refractivity contribution in [2.24, 2.45) is 7.05 Å². The number of aryl methyl sites for hydroxylation is 2. The monoisotopic (exact) mass is 271 g/mol. The lowest BCUT2D eigenvalue weighted by Crippen LogP contribution is -2.40. The normalized spacial score (nSPS) is 18.6. The largest absolute Gasteiger partial charge is 0.488 e. The minimum Gasteiger partial charge on any atom is -0.488 e. The lowest BCUT2D eigenvalue weighted by Gasteiger charge is -2.22. The van der Waals surface area contributed by atoms with Gasteiger partial charge in [0.1, 0.15) is 11.9 Å². The lowest BCUT2D eigenvalue weighted by molar-refractivity contribution is 0.176. The Kier molecular flexibility index (Phi) is 3.74. The molecule has 0 saturated heterocycles. The van der Waals surface area contributed by atoms with Crippen molar-refractivity contribution in [1.82, 2.24) is 15.1 Å². The van der Waals surface area contributed by atoms with Crippen LogP contribution < -0.4 is 10.1 Å². The Labute approximate surface area is 119 Å². The maximum atomic E-state index is 6.08. The third-order valence-electron chi connectivity index (χ3n) is 4.13. The van der Waals surface area contributed by atoms with Crippen LogP contribution in [0.5, 0.6) is 5.75 Å². The number of nitrogens with zero attached hydrogens (tertiary/aromatic N) is 2. The van der Waals surface area contributed by atoms with Crippen molar-refractivity contribution in [3.05, 3.63) is 47.8 Å². The Hall–Kier alpha value is -1.81. The highest BCUT2D eigenvalue weighted by Crippen LogP contribution is 2.30. The van der Waals surface area contributed by atoms with Gasteiger partial charge in [0, 0.05) is 31.4 Å². The number of fused-ring (bicyclic) bond motifs is 1. The minimum absolute atomic E-state index is 0.227. The van der Waals surface area contributed by atoms with E-state index in [2.05, 4.69) is 34.7 Å². The van der Waals surface area contributed by atoms with Gasteiger partial charge >= 0.3 is 0 Å². The van der Waals surface area contributed by atoms with E-state index in [9.17, 15) is 0 Å². The van der Waals surface area contributed by atoms with E-state index in [1.165, 1.54) is 11.3 Å². The number of nitrogens with one attached hydrogen (secondary N) is 1. The van der Waals surface area contributed by atoms with E-state index in [0.29, 0.717) is 6.04 Å². The average Bonchev–Trinajstić information content (AvgIpc) is 3.06. The van der Waals surface area contributed by atoms with E-state index < -0.39 is 0 Å². The predicted octanol–water partition coefficient (Wildman–Crippen LogP) is 1.94. The number of rotatable bonds is 5. The van der Waals surface area contributed by atoms with Gasteiger partial charge in [-0.3, -0.25) is 4.68 Å². The molecule has 4 heteroatoms. The zero-order valence-electron chi connectivity index (χ0n) is 12.0. The van der Waals surface area contributed by atoms with E-state index in [1.807, 2.05) is 31.0 Å². The molecule has 2 atom stereocenters. The van der Waals surface area contributed by atoms with Gasteiger partial charge in [-0.25, -0.2) is 0 Å². The van der Waals surface area contributed by atoms with Crippen LogP contribution in [0.2, 0.25) is 0 Å². The highest BCUT2D eigenvalue weighted by molar-refractivity contribution is 5.37. The maximum Gasteiger partial charge on any atom is 0.123 e. The molecule has 2 unspecified atom stereocenters. The average molecular weight is 271 g/mol. The molecule has 1 aromatic carbocycles. The summed E-state index contributed by atoms with van der Waals surface area (Å²) in [4.78, 5) is 0. The molecular formula is C16H21N3O. The molecule has 3 rings (SSSR count). The second-order valence-electron chi connectivity index (χ2n) is 5.35. The Bertz CT molecular complexity index is 554. The second kappa shape index (κ2) is 5.67. The highest BCUT2D eigenvalue weighted by Gasteiger charge is 2.29. The van der Waals surface area contributed by atoms with Gasteiger partial charge in [0.25, 0.3) is 0 Å². The Morgan fingerprint density at radius 1 is 1.40 bits per heavy atom. The van der Waals surface area contributed by atoms with Crippen LogP contribution in [0.4, 0.5) is 0 Å². The first kappa shape index (κ1) is 13.2. The van der Waals surface area contributed by atoms with Crippen molar-refractivity contribution in [2.45, 2.75) is 31.4 Å². The van der Waals surface area contributed by atoms with Crippen molar-refractivity contribution >= 4 is 0 Å². The molecule has 20 heavy (non-hydrogen) atoms. The number of aromatic nitrogens is 2. The fourth-order valence-corrected chi connectivity index (χ4v) is 2.90. The summed E-state index contributed by atoms with van der Waals surface area (Å²) in [5.41, 5.74) is 2.58. The molecule has 2 aromatic rings. The molecule has 106 valence electrons. The fourth-order valence-electron chi connectivity index (χ4n) is 2.90. The summed E-state index contributed by atoms with van der Waals surface area (Å²) < 4.78 is 8.02. The van der Waals surface area contributed by atoms with Crippen LogP contribution in [-0.2, 0) is 19.9 Å². The summed E-state index contributed by atoms with van der Waals surface area (Å²) in [5, 5.41) is 7.62. The zero-order valence-corrected chi connectivity index (χ0v) is 12.0. The van der Waals surface area contributed by atoms with Crippen molar-refractivity contribution in [3.8, 4) is 5.75 Å². The number of likely N-dealkylation sites (N-methyl/N-ethyl adjacent to an activating group) is 1. The highest BCUT2D eigenvalue weighted by atomic mass is 16.5. The third kappa shape index (κ3) is 2.56. The topological polar surface area (TPSA) is 39.1 Å². The summed E-state index contributed by atoms with van der Waals surface area (Å²) in [6, 6.07) is 10.8. The molecule has 1 aliphatic rings. The van der Waals surface area contributed by atoms with Gasteiger partial charge in [-0.05, 0) is 37.6 Å². The van der Waals surface area contributed by atoms with Crippen LogP contribution in [0, 0.1) is 0 Å². The van der Waals surface area contributed by atoms with Crippen molar-refractivity contribution < 1.29 is 4.74 Å². The molecule has 0 fully saturated rings. The summed E-state index contributed by atoms with van der Waals surface area (Å²) in [6.07, 6.45) is 5.14. The smallest absolute Gasteiger partial charge is 0.123 e. The Balaban J connectivity index is 1.62. The standard InChI is InChI=1S/C16H21N3O/c1-17-14(8-7-13-9-10-18-19(13)2)16-11-12-5-3-4-6-15(12)20-16/h3-6,9-10,14,16-17H,7-8,11H2,1-2H3. The van der Waals surface area contributed by atoms with Gasteiger partial charge in [0.2, 0.25) is 0 Å². The van der Waals surface area contributed by atoms with E-state index in [4.69, 9.17) is 4.74 Å². The van der Waals surface area contributed by atoms with Gasteiger partial charge in [-0.1, -0.05) is 18.2 Å². The third-order valence-corrected chi connectivity index (χ3v) is 4.13. The summed E-state index contributed by atoms with van der Waals surface area (Å²) in [6.45, 7) is 0. The van der Waals surface area contributed by atoms with Gasteiger partial charge in [0.15, 0.2) is 0 Å². The van der Waals surface area contributed by atoms with Crippen molar-refractivity contribution in [1.29, 1.82) is 0 Å². The summed E-state index contributed by atoms with van der Waals surface area (Å²) in [5.74, 6) is 1.04. The van der Waals surface area contributed by atoms with E-state index >= 15 is 0 Å². The molecule has 2 heterocycles. The zero-order chi connectivity index (χ0) is 13.9. The second-order valence-corrected chi connectivity index (χ2v) is 5.35. The van der Waals surface area contributed by atoms with Crippen LogP contribution in [0.25, 0.3) is 0 Å². The van der Waals surface area contributed by atoms with Gasteiger partial charge in [-0.2, -0.15) is 5.10 Å². The molecule has 0 aliphatic carbocycles. The molecule has 1 aliphatic heterocycles. The SMILES string of the molecule is CNC(CCc1ccnn1C)C1Cc2ccccc2O1. The Morgan fingerprint density at radius 2 is 2.25 bits per heavy atom. The fraction of sp³-hybridized carbons (Fsp3) is 0.438. The van der Waals surface area contributed by atoms with Crippen LogP contribution >= 0.6 is 0 Å². The number of hydrogen-bond donors (Lipinski definition) is 1. The van der Waals surface area contributed by atoms with Gasteiger partial charge in [0.05, 0.1) is 0 Å². The van der Waals surface area contributed by atoms with Crippen LogP contribution in [0.3, 0.4) is 0 Å². The van der Waals surface area contributed by atoms with Gasteiger partial charge < -0.3 is 10.1 Å². The van der Waals surface area contributed by atoms with E-state index in [-0.39, 0.29) is 6.10 Å². The molecular weight excluding hydrogens is 250 g/mol. The van der Waals surface area contributed by atoms with Gasteiger partial charge in [-0.15, -0.1) is 0 Å². The molecule has 0 spiro atoms. The molecule has 0 radical (unpaired) electrons. The predicted molar refractivity (Wildman–Crippen MR) is 78.9 cm³/mol. The molecule has 1 aromatic heterocycles. The summed E-state index contributed by atoms with van der Waals surface area (Å²) >= 11 is 0. The first-order valence-electron chi connectivity index (χ1n) is 7.16. The summed E-state index contributed by atoms with van der Waals surface area (Å²) in [7, 11) is 4.01. The number of ether oxygens (including phenoxy) is 1. The van der Waals surface area contributed by atoms with Crippen LogP contribution in [0.15, 0.2) is 36.5 Å². The quantitative estimate of drug-likeness (QED) is 0.903. The van der Waals surface area contributed by atoms with E-state index in [0.717, 1.165) is 25.0 Å². The first-order chi connectivity index (χ1) is 9.78. The number of para-hydroxylation sites is 1. The van der Waals surface area contributed by atoms with Crippen LogP contribution in [-0.4, -0.2) is 29.0 Å². The minimum atomic E-state index is 0.227. The molecule has 4 nitrogen and oxygen atoms in total. The van der Waals surface area contributed by atoms with Crippen LogP contribution in [0.1, 0.15) is 17.7 Å². The number of benzene rings is 1. The maximum absolute atomic E-state index is 6.08. The number of hydrogen-bond acceptors (Lipinski definition) is 3. The molecule has 1 N–H and O–H groups in total. The van der Waals surface area contributed by atoms with Crippen molar-refractivity contribution in [2.75, 3.05) is 7.05 Å². The Morgan fingerprint density at radius 3 is 2.95 bits per heavy atom.